The van der Waals surface area contributed by atoms with Gasteiger partial charge in [0.2, 0.25) is 0 Å². The van der Waals surface area contributed by atoms with Gasteiger partial charge in [-0.1, -0.05) is 30.3 Å². The molecular weight excluding hydrogens is 320 g/mol. The smallest absolute Gasteiger partial charge is 0.256 e. The van der Waals surface area contributed by atoms with E-state index in [0.29, 0.717) is 5.39 Å². The number of aromatic nitrogens is 1. The van der Waals surface area contributed by atoms with Gasteiger partial charge in [0.05, 0.1) is 5.52 Å². The van der Waals surface area contributed by atoms with Crippen molar-refractivity contribution in [3.05, 3.63) is 53.7 Å². The van der Waals surface area contributed by atoms with Gasteiger partial charge in [0.25, 0.3) is 6.43 Å². The molecule has 0 unspecified atom stereocenters. The zero-order chi connectivity index (χ0) is 16.8. The van der Waals surface area contributed by atoms with E-state index in [-0.39, 0.29) is 16.3 Å². The van der Waals surface area contributed by atoms with E-state index in [9.17, 15) is 26.3 Å². The van der Waals surface area contributed by atoms with Crippen molar-refractivity contribution in [2.75, 3.05) is 0 Å². The van der Waals surface area contributed by atoms with E-state index in [0.717, 1.165) is 12.1 Å². The Morgan fingerprint density at radius 1 is 0.870 bits per heavy atom. The lowest BCUT2D eigenvalue weighted by atomic mass is 9.93. The molecule has 1 heterocycles. The van der Waals surface area contributed by atoms with Gasteiger partial charge in [-0.05, 0) is 11.5 Å². The Morgan fingerprint density at radius 3 is 2.22 bits per heavy atom. The number of pyridine rings is 1. The number of alkyl halides is 6. The summed E-state index contributed by atoms with van der Waals surface area (Å²) in [5, 5.41) is 0.373. The second kappa shape index (κ2) is 5.40. The lowest BCUT2D eigenvalue weighted by Gasteiger charge is -2.21. The monoisotopic (exact) mass is 329 g/mol. The molecule has 120 valence electrons. The van der Waals surface area contributed by atoms with Crippen LogP contribution in [0.15, 0.2) is 42.6 Å². The summed E-state index contributed by atoms with van der Waals surface area (Å²) in [6.07, 6.45) is -5.98. The Morgan fingerprint density at radius 2 is 1.57 bits per heavy atom. The summed E-state index contributed by atoms with van der Waals surface area (Å²) in [5.74, 6) is -4.69. The highest BCUT2D eigenvalue weighted by atomic mass is 19.3. The molecule has 1 aromatic heterocycles. The fraction of sp³-hybridized carbons (Fsp3) is 0.188. The molecular formula is C16H9F6N. The van der Waals surface area contributed by atoms with E-state index in [1.807, 2.05) is 0 Å². The highest BCUT2D eigenvalue weighted by molar-refractivity contribution is 6.06. The Balaban J connectivity index is 2.47. The molecule has 23 heavy (non-hydrogen) atoms. The summed E-state index contributed by atoms with van der Waals surface area (Å²) in [6.45, 7) is 0. The molecule has 0 spiro atoms. The third kappa shape index (κ3) is 2.40. The summed E-state index contributed by atoms with van der Waals surface area (Å²) in [6, 6.07) is 7.79. The van der Waals surface area contributed by atoms with Gasteiger partial charge in [-0.3, -0.25) is 4.98 Å². The SMILES string of the molecule is FC(F)c1ccc2c(ccc3cccnc32)c1C(F)(F)C(F)F. The number of hydrogen-bond donors (Lipinski definition) is 0. The molecule has 3 aromatic rings. The van der Waals surface area contributed by atoms with E-state index >= 15 is 0 Å². The minimum Gasteiger partial charge on any atom is -0.256 e. The summed E-state index contributed by atoms with van der Waals surface area (Å²) in [7, 11) is 0. The lowest BCUT2D eigenvalue weighted by molar-refractivity contribution is -0.135. The maximum Gasteiger partial charge on any atom is 0.333 e. The van der Waals surface area contributed by atoms with Gasteiger partial charge < -0.3 is 0 Å². The fourth-order valence-corrected chi connectivity index (χ4v) is 2.63. The normalized spacial score (nSPS) is 12.7. The molecule has 0 saturated carbocycles. The molecule has 0 aliphatic heterocycles. The van der Waals surface area contributed by atoms with Gasteiger partial charge in [0.15, 0.2) is 0 Å². The maximum atomic E-state index is 13.9. The van der Waals surface area contributed by atoms with Crippen LogP contribution in [0.25, 0.3) is 21.7 Å². The number of fused-ring (bicyclic) bond motifs is 3. The van der Waals surface area contributed by atoms with Gasteiger partial charge in [-0.15, -0.1) is 0 Å². The van der Waals surface area contributed by atoms with Crippen molar-refractivity contribution in [3.8, 4) is 0 Å². The van der Waals surface area contributed by atoms with Crippen molar-refractivity contribution in [1.82, 2.24) is 4.98 Å². The summed E-state index contributed by atoms with van der Waals surface area (Å²) in [4.78, 5) is 4.03. The van der Waals surface area contributed by atoms with Crippen molar-refractivity contribution >= 4 is 21.7 Å². The van der Waals surface area contributed by atoms with E-state index in [1.54, 1.807) is 12.1 Å². The topological polar surface area (TPSA) is 12.9 Å². The van der Waals surface area contributed by atoms with Crippen LogP contribution < -0.4 is 0 Å². The van der Waals surface area contributed by atoms with Crippen molar-refractivity contribution < 1.29 is 26.3 Å². The van der Waals surface area contributed by atoms with E-state index in [4.69, 9.17) is 0 Å². The highest BCUT2D eigenvalue weighted by Gasteiger charge is 2.46. The minimum atomic E-state index is -4.69. The predicted molar refractivity (Wildman–Crippen MR) is 74.1 cm³/mol. The molecule has 0 bridgehead atoms. The molecule has 7 heteroatoms. The number of rotatable bonds is 3. The minimum absolute atomic E-state index is 0.128. The molecule has 0 radical (unpaired) electrons. The van der Waals surface area contributed by atoms with Gasteiger partial charge in [-0.25, -0.2) is 17.6 Å². The quantitative estimate of drug-likeness (QED) is 0.445. The van der Waals surface area contributed by atoms with Crippen molar-refractivity contribution in [2.45, 2.75) is 18.8 Å². The van der Waals surface area contributed by atoms with Crippen LogP contribution >= 0.6 is 0 Å². The highest BCUT2D eigenvalue weighted by Crippen LogP contribution is 2.44. The van der Waals surface area contributed by atoms with Crippen LogP contribution in [0.3, 0.4) is 0 Å². The third-order valence-corrected chi connectivity index (χ3v) is 3.64. The number of hydrogen-bond acceptors (Lipinski definition) is 1. The molecule has 0 amide bonds. The third-order valence-electron chi connectivity index (χ3n) is 3.64. The molecule has 2 aromatic carbocycles. The lowest BCUT2D eigenvalue weighted by Crippen LogP contribution is -2.25. The van der Waals surface area contributed by atoms with Gasteiger partial charge in [-0.2, -0.15) is 8.78 Å². The molecule has 3 rings (SSSR count). The van der Waals surface area contributed by atoms with Crippen LogP contribution in [0.1, 0.15) is 17.6 Å². The largest absolute Gasteiger partial charge is 0.333 e. The number of benzene rings is 2. The van der Waals surface area contributed by atoms with E-state index in [2.05, 4.69) is 4.98 Å². The Bertz CT molecular complexity index is 875. The first-order valence-electron chi connectivity index (χ1n) is 6.59. The second-order valence-electron chi connectivity index (χ2n) is 4.99. The molecule has 0 aliphatic rings. The van der Waals surface area contributed by atoms with Gasteiger partial charge >= 0.3 is 12.3 Å². The van der Waals surface area contributed by atoms with Crippen molar-refractivity contribution in [1.29, 1.82) is 0 Å². The van der Waals surface area contributed by atoms with E-state index in [1.165, 1.54) is 18.3 Å². The van der Waals surface area contributed by atoms with E-state index < -0.39 is 29.9 Å². The molecule has 0 N–H and O–H groups in total. The maximum absolute atomic E-state index is 13.9. The van der Waals surface area contributed by atoms with Crippen LogP contribution in [0.2, 0.25) is 0 Å². The van der Waals surface area contributed by atoms with Crippen molar-refractivity contribution in [2.24, 2.45) is 0 Å². The van der Waals surface area contributed by atoms with Crippen LogP contribution in [0.5, 0.6) is 0 Å². The zero-order valence-corrected chi connectivity index (χ0v) is 11.4. The zero-order valence-electron chi connectivity index (χ0n) is 11.4. The first-order chi connectivity index (χ1) is 10.8. The van der Waals surface area contributed by atoms with Crippen LogP contribution in [-0.2, 0) is 5.92 Å². The van der Waals surface area contributed by atoms with Crippen LogP contribution in [0.4, 0.5) is 26.3 Å². The Kier molecular flexibility index (Phi) is 3.66. The Labute approximate surface area is 126 Å². The first-order valence-corrected chi connectivity index (χ1v) is 6.59. The summed E-state index contributed by atoms with van der Waals surface area (Å²) >= 11 is 0. The molecule has 0 aliphatic carbocycles. The molecule has 0 atom stereocenters. The van der Waals surface area contributed by atoms with Crippen LogP contribution in [-0.4, -0.2) is 11.4 Å². The summed E-state index contributed by atoms with van der Waals surface area (Å²) < 4.78 is 79.5. The fourth-order valence-electron chi connectivity index (χ4n) is 2.63. The first kappa shape index (κ1) is 15.6. The number of halogens is 6. The molecule has 0 saturated heterocycles. The second-order valence-corrected chi connectivity index (χ2v) is 4.99. The average Bonchev–Trinajstić information content (AvgIpc) is 2.53. The van der Waals surface area contributed by atoms with Crippen molar-refractivity contribution in [3.63, 3.8) is 0 Å². The standard InChI is InChI=1S/C16H9F6N/c17-14(18)11-6-5-10-9(12(11)16(21,22)15(19)20)4-3-8-2-1-7-23-13(8)10/h1-7,14-15H. The van der Waals surface area contributed by atoms with Crippen LogP contribution in [0, 0.1) is 0 Å². The molecule has 1 nitrogen and oxygen atoms in total. The average molecular weight is 329 g/mol. The summed E-state index contributed by atoms with van der Waals surface area (Å²) in [5.41, 5.74) is -2.15. The van der Waals surface area contributed by atoms with Gasteiger partial charge in [0.1, 0.15) is 0 Å². The van der Waals surface area contributed by atoms with Gasteiger partial charge in [0, 0.05) is 28.1 Å². The Hall–Kier alpha value is -2.31. The molecule has 0 fully saturated rings. The predicted octanol–water partition coefficient (Wildman–Crippen LogP) is 5.68. The number of nitrogens with zero attached hydrogens (tertiary/aromatic N) is 1.